The molecule has 0 fully saturated rings. The first kappa shape index (κ1) is 5.52. The van der Waals surface area contributed by atoms with E-state index in [0.29, 0.717) is 0 Å². The van der Waals surface area contributed by atoms with E-state index in [4.69, 9.17) is 10.0 Å². The van der Waals surface area contributed by atoms with Crippen LogP contribution in [0.25, 0.3) is 0 Å². The van der Waals surface area contributed by atoms with Crippen molar-refractivity contribution >= 4 is 0 Å². The Labute approximate surface area is 34.9 Å². The summed E-state index contributed by atoms with van der Waals surface area (Å²) in [5.74, 6) is 0. The van der Waals surface area contributed by atoms with Crippen molar-refractivity contribution in [3.05, 3.63) is 4.91 Å². The molecule has 0 aliphatic heterocycles. The molecule has 0 amide bonds. The summed E-state index contributed by atoms with van der Waals surface area (Å²) in [4.78, 5) is 9.13. The fraction of sp³-hybridized carbons (Fsp3) is 1.00. The van der Waals surface area contributed by atoms with E-state index in [2.05, 4.69) is 10.9 Å². The predicted octanol–water partition coefficient (Wildman–Crippen LogP) is -0.970. The van der Waals surface area contributed by atoms with E-state index in [9.17, 15) is 0 Å². The molecule has 6 heavy (non-hydrogen) atoms. The summed E-state index contributed by atoms with van der Waals surface area (Å²) in [5, 5.41) is 10.3. The molecule has 0 aromatic rings. The zero-order chi connectivity index (χ0) is 4.99. The van der Waals surface area contributed by atoms with Gasteiger partial charge in [0, 0.05) is 0 Å². The highest BCUT2D eigenvalue weighted by molar-refractivity contribution is 4.44. The van der Waals surface area contributed by atoms with Crippen molar-refractivity contribution < 1.29 is 5.11 Å². The first-order chi connectivity index (χ1) is 2.77. The molecule has 0 spiro atoms. The summed E-state index contributed by atoms with van der Waals surface area (Å²) in [5.41, 5.74) is 4.66. The van der Waals surface area contributed by atoms with Crippen LogP contribution in [0.2, 0.25) is 0 Å². The maximum Gasteiger partial charge on any atom is 0.125 e. The second kappa shape index (κ2) is 2.74. The highest BCUT2D eigenvalue weighted by atomic mass is 16.3. The topological polar surface area (TPSA) is 75.7 Å². The van der Waals surface area contributed by atoms with Gasteiger partial charge in [0.2, 0.25) is 0 Å². The lowest BCUT2D eigenvalue weighted by Crippen LogP contribution is -2.21. The minimum atomic E-state index is -1.08. The molecule has 1 unspecified atom stereocenters. The molecule has 0 radical (unpaired) electrons. The standard InChI is InChI=1S/C2H6N2O2/c3-2(5)1-4-6/h2,5H,1,3H2. The van der Waals surface area contributed by atoms with Crippen LogP contribution in [0.1, 0.15) is 0 Å². The molecule has 0 saturated carbocycles. The van der Waals surface area contributed by atoms with Gasteiger partial charge in [-0.3, -0.25) is 0 Å². The van der Waals surface area contributed by atoms with Gasteiger partial charge in [0.1, 0.15) is 12.8 Å². The van der Waals surface area contributed by atoms with Crippen LogP contribution in [0.3, 0.4) is 0 Å². The Morgan fingerprint density at radius 2 is 2.50 bits per heavy atom. The fourth-order valence-corrected chi connectivity index (χ4v) is 0.0764. The molecule has 4 nitrogen and oxygen atoms in total. The van der Waals surface area contributed by atoms with Gasteiger partial charge in [-0.05, 0) is 0 Å². The third-order valence-corrected chi connectivity index (χ3v) is 0.262. The van der Waals surface area contributed by atoms with Gasteiger partial charge in [-0.25, -0.2) is 0 Å². The molecular formula is C2H6N2O2. The summed E-state index contributed by atoms with van der Waals surface area (Å²) in [6.07, 6.45) is -1.08. The van der Waals surface area contributed by atoms with Crippen molar-refractivity contribution in [2.24, 2.45) is 10.9 Å². The molecule has 0 aromatic heterocycles. The minimum absolute atomic E-state index is 0.222. The largest absolute Gasteiger partial charge is 0.377 e. The van der Waals surface area contributed by atoms with Crippen LogP contribution in [-0.4, -0.2) is 17.9 Å². The van der Waals surface area contributed by atoms with Crippen molar-refractivity contribution in [2.75, 3.05) is 6.54 Å². The molecular weight excluding hydrogens is 84.0 g/mol. The van der Waals surface area contributed by atoms with Gasteiger partial charge in [0.15, 0.2) is 0 Å². The second-order valence-electron chi connectivity index (χ2n) is 0.879. The monoisotopic (exact) mass is 90.0 g/mol. The second-order valence-corrected chi connectivity index (χ2v) is 0.879. The molecule has 0 saturated heterocycles. The fourth-order valence-electron chi connectivity index (χ4n) is 0.0764. The van der Waals surface area contributed by atoms with E-state index in [1.54, 1.807) is 0 Å². The summed E-state index contributed by atoms with van der Waals surface area (Å²) in [6, 6.07) is 0. The lowest BCUT2D eigenvalue weighted by Gasteiger charge is -1.89. The molecule has 0 aliphatic rings. The molecule has 4 heteroatoms. The number of hydrogen-bond acceptors (Lipinski definition) is 4. The van der Waals surface area contributed by atoms with E-state index in [-0.39, 0.29) is 6.54 Å². The van der Waals surface area contributed by atoms with Crippen LogP contribution in [0.5, 0.6) is 0 Å². The highest BCUT2D eigenvalue weighted by Gasteiger charge is 1.88. The number of nitrogens with zero attached hydrogens (tertiary/aromatic N) is 1. The smallest absolute Gasteiger partial charge is 0.125 e. The molecule has 0 aliphatic carbocycles. The number of rotatable bonds is 2. The average Bonchev–Trinajstić information content (AvgIpc) is 1.35. The summed E-state index contributed by atoms with van der Waals surface area (Å²) < 4.78 is 0. The number of nitrogens with two attached hydrogens (primary N) is 1. The maximum atomic E-state index is 9.13. The van der Waals surface area contributed by atoms with E-state index >= 15 is 0 Å². The molecule has 3 N–H and O–H groups in total. The number of aliphatic hydroxyl groups excluding tert-OH is 1. The van der Waals surface area contributed by atoms with E-state index < -0.39 is 6.23 Å². The Kier molecular flexibility index (Phi) is 2.52. The number of hydrogen-bond donors (Lipinski definition) is 2. The molecule has 0 bridgehead atoms. The Bertz CT molecular complexity index is 44.8. The summed E-state index contributed by atoms with van der Waals surface area (Å²) in [7, 11) is 0. The predicted molar refractivity (Wildman–Crippen MR) is 20.9 cm³/mol. The Balaban J connectivity index is 2.81. The van der Waals surface area contributed by atoms with Gasteiger partial charge in [0.25, 0.3) is 0 Å². The SMILES string of the molecule is NC(O)CN=O. The van der Waals surface area contributed by atoms with Crippen molar-refractivity contribution in [1.29, 1.82) is 0 Å². The number of nitroso groups, excluding NO2 is 1. The van der Waals surface area contributed by atoms with E-state index in [1.807, 2.05) is 0 Å². The molecule has 0 rings (SSSR count). The van der Waals surface area contributed by atoms with Crippen molar-refractivity contribution in [2.45, 2.75) is 6.23 Å². The van der Waals surface area contributed by atoms with Crippen LogP contribution < -0.4 is 5.73 Å². The Hall–Kier alpha value is -0.480. The Morgan fingerprint density at radius 1 is 2.00 bits per heavy atom. The van der Waals surface area contributed by atoms with Crippen molar-refractivity contribution in [1.82, 2.24) is 0 Å². The minimum Gasteiger partial charge on any atom is -0.377 e. The van der Waals surface area contributed by atoms with Crippen LogP contribution in [0, 0.1) is 4.91 Å². The Morgan fingerprint density at radius 3 is 2.50 bits per heavy atom. The van der Waals surface area contributed by atoms with Gasteiger partial charge < -0.3 is 10.8 Å². The average molecular weight is 90.1 g/mol. The quantitative estimate of drug-likeness (QED) is 0.338. The highest BCUT2D eigenvalue weighted by Crippen LogP contribution is 1.67. The van der Waals surface area contributed by atoms with E-state index in [0.717, 1.165) is 0 Å². The third kappa shape index (κ3) is 3.52. The summed E-state index contributed by atoms with van der Waals surface area (Å²) >= 11 is 0. The molecule has 0 heterocycles. The lowest BCUT2D eigenvalue weighted by atomic mass is 10.6. The van der Waals surface area contributed by atoms with Crippen LogP contribution in [-0.2, 0) is 0 Å². The lowest BCUT2D eigenvalue weighted by molar-refractivity contribution is 0.191. The molecule has 0 aromatic carbocycles. The first-order valence-corrected chi connectivity index (χ1v) is 1.50. The zero-order valence-electron chi connectivity index (χ0n) is 3.16. The van der Waals surface area contributed by atoms with Crippen molar-refractivity contribution in [3.63, 3.8) is 0 Å². The molecule has 1 atom stereocenters. The van der Waals surface area contributed by atoms with Gasteiger partial charge >= 0.3 is 0 Å². The van der Waals surface area contributed by atoms with Gasteiger partial charge in [-0.2, -0.15) is 4.91 Å². The van der Waals surface area contributed by atoms with E-state index in [1.165, 1.54) is 0 Å². The van der Waals surface area contributed by atoms with Gasteiger partial charge in [-0.15, -0.1) is 0 Å². The third-order valence-electron chi connectivity index (χ3n) is 0.262. The van der Waals surface area contributed by atoms with Crippen LogP contribution >= 0.6 is 0 Å². The summed E-state index contributed by atoms with van der Waals surface area (Å²) in [6.45, 7) is -0.222. The van der Waals surface area contributed by atoms with Gasteiger partial charge in [-0.1, -0.05) is 5.18 Å². The zero-order valence-corrected chi connectivity index (χ0v) is 3.16. The normalized spacial score (nSPS) is 13.7. The van der Waals surface area contributed by atoms with Crippen LogP contribution in [0.15, 0.2) is 5.18 Å². The van der Waals surface area contributed by atoms with Crippen LogP contribution in [0.4, 0.5) is 0 Å². The number of aliphatic hydroxyl groups is 1. The van der Waals surface area contributed by atoms with Gasteiger partial charge in [0.05, 0.1) is 0 Å². The first-order valence-electron chi connectivity index (χ1n) is 1.50. The maximum absolute atomic E-state index is 9.13. The molecule has 36 valence electrons. The van der Waals surface area contributed by atoms with Crippen molar-refractivity contribution in [3.8, 4) is 0 Å².